The molecule has 0 heterocycles. The summed E-state index contributed by atoms with van der Waals surface area (Å²) in [6.07, 6.45) is 0. The summed E-state index contributed by atoms with van der Waals surface area (Å²) < 4.78 is 0. The summed E-state index contributed by atoms with van der Waals surface area (Å²) in [4.78, 5) is 0. The second-order valence-corrected chi connectivity index (χ2v) is 9.09. The lowest BCUT2D eigenvalue weighted by Gasteiger charge is -2.33. The van der Waals surface area contributed by atoms with Gasteiger partial charge < -0.3 is 15.9 Å². The summed E-state index contributed by atoms with van der Waals surface area (Å²) in [6.45, 7) is 16.4. The molecule has 0 unspecified atom stereocenters. The van der Waals surface area contributed by atoms with E-state index < -0.39 is 5.41 Å². The van der Waals surface area contributed by atoms with Crippen LogP contribution in [0.15, 0.2) is 12.1 Å². The van der Waals surface area contributed by atoms with Crippen LogP contribution in [0.3, 0.4) is 0 Å². The molecule has 0 amide bonds. The molecular weight excluding hydrogens is 274 g/mol. The van der Waals surface area contributed by atoms with Crippen LogP contribution in [0.1, 0.15) is 78.1 Å². The molecule has 4 N–H and O–H groups in total. The molecule has 0 radical (unpaired) electrons. The monoisotopic (exact) mass is 307 g/mol. The van der Waals surface area contributed by atoms with Crippen molar-refractivity contribution in [3.8, 4) is 5.75 Å². The van der Waals surface area contributed by atoms with E-state index in [4.69, 9.17) is 5.73 Å². The Bertz CT molecular complexity index is 498. The molecule has 1 aromatic rings. The Morgan fingerprint density at radius 2 is 1.27 bits per heavy atom. The molecule has 22 heavy (non-hydrogen) atoms. The molecule has 1 atom stereocenters. The molecule has 0 aliphatic heterocycles. The first kappa shape index (κ1) is 19.0. The SMILES string of the molecule is CC(C)(C)c1cc([C@H](N)C(C)(C)CO)cc(C(C)(C)C)c1O. The van der Waals surface area contributed by atoms with E-state index in [9.17, 15) is 10.2 Å². The molecule has 0 aliphatic carbocycles. The van der Waals surface area contributed by atoms with E-state index in [-0.39, 0.29) is 23.5 Å². The third-order valence-corrected chi connectivity index (χ3v) is 4.36. The fraction of sp³-hybridized carbons (Fsp3) is 0.684. The van der Waals surface area contributed by atoms with Crippen LogP contribution in [0.5, 0.6) is 5.75 Å². The number of phenols is 1. The zero-order valence-electron chi connectivity index (χ0n) is 15.4. The fourth-order valence-electron chi connectivity index (χ4n) is 2.53. The van der Waals surface area contributed by atoms with Gasteiger partial charge in [0.2, 0.25) is 0 Å². The highest BCUT2D eigenvalue weighted by molar-refractivity contribution is 5.50. The minimum absolute atomic E-state index is 0.0186. The standard InChI is InChI=1S/C19H33NO2/c1-17(2,3)13-9-12(16(20)19(7,8)11-21)10-14(15(13)22)18(4,5)6/h9-10,16,21-22H,11,20H2,1-8H3/t16-/m0/s1. The average Bonchev–Trinajstić information content (AvgIpc) is 2.35. The van der Waals surface area contributed by atoms with Crippen LogP contribution in [0, 0.1) is 5.41 Å². The van der Waals surface area contributed by atoms with Crippen molar-refractivity contribution in [2.45, 2.75) is 72.3 Å². The minimum atomic E-state index is -0.415. The highest BCUT2D eigenvalue weighted by Crippen LogP contribution is 2.42. The minimum Gasteiger partial charge on any atom is -0.507 e. The van der Waals surface area contributed by atoms with Gasteiger partial charge in [0.05, 0.1) is 0 Å². The van der Waals surface area contributed by atoms with Crippen LogP contribution >= 0.6 is 0 Å². The van der Waals surface area contributed by atoms with Crippen molar-refractivity contribution in [2.24, 2.45) is 11.1 Å². The first-order valence-electron chi connectivity index (χ1n) is 7.96. The molecule has 0 spiro atoms. The molecule has 3 heteroatoms. The molecule has 0 saturated heterocycles. The highest BCUT2D eigenvalue weighted by Gasteiger charge is 2.32. The molecule has 0 aliphatic rings. The number of aliphatic hydroxyl groups is 1. The number of nitrogens with two attached hydrogens (primary N) is 1. The van der Waals surface area contributed by atoms with Gasteiger partial charge in [-0.2, -0.15) is 0 Å². The summed E-state index contributed by atoms with van der Waals surface area (Å²) in [7, 11) is 0. The van der Waals surface area contributed by atoms with Crippen molar-refractivity contribution >= 4 is 0 Å². The van der Waals surface area contributed by atoms with Gasteiger partial charge >= 0.3 is 0 Å². The first-order chi connectivity index (χ1) is 9.71. The van der Waals surface area contributed by atoms with Crippen molar-refractivity contribution in [2.75, 3.05) is 6.61 Å². The van der Waals surface area contributed by atoms with Gasteiger partial charge in [-0.3, -0.25) is 0 Å². The van der Waals surface area contributed by atoms with Crippen molar-refractivity contribution < 1.29 is 10.2 Å². The van der Waals surface area contributed by atoms with Gasteiger partial charge in [-0.25, -0.2) is 0 Å². The Balaban J connectivity index is 3.62. The number of phenolic OH excluding ortho intramolecular Hbond substituents is 1. The number of rotatable bonds is 3. The zero-order chi connectivity index (χ0) is 17.5. The number of hydrogen-bond acceptors (Lipinski definition) is 3. The molecule has 0 fully saturated rings. The number of hydrogen-bond donors (Lipinski definition) is 3. The molecule has 0 bridgehead atoms. The van der Waals surface area contributed by atoms with E-state index >= 15 is 0 Å². The number of aliphatic hydroxyl groups excluding tert-OH is 1. The van der Waals surface area contributed by atoms with Crippen molar-refractivity contribution in [3.63, 3.8) is 0 Å². The predicted octanol–water partition coefficient (Wildman–Crippen LogP) is 4.01. The quantitative estimate of drug-likeness (QED) is 0.790. The number of benzene rings is 1. The van der Waals surface area contributed by atoms with Crippen LogP contribution in [0.4, 0.5) is 0 Å². The summed E-state index contributed by atoms with van der Waals surface area (Å²) >= 11 is 0. The van der Waals surface area contributed by atoms with E-state index in [0.29, 0.717) is 5.75 Å². The maximum atomic E-state index is 10.7. The Morgan fingerprint density at radius 3 is 1.55 bits per heavy atom. The molecule has 1 aromatic carbocycles. The summed E-state index contributed by atoms with van der Waals surface area (Å²) in [5.74, 6) is 0.359. The molecule has 1 rings (SSSR count). The lowest BCUT2D eigenvalue weighted by atomic mass is 9.74. The van der Waals surface area contributed by atoms with E-state index in [1.54, 1.807) is 0 Å². The van der Waals surface area contributed by atoms with Crippen LogP contribution in [0.2, 0.25) is 0 Å². The van der Waals surface area contributed by atoms with Crippen molar-refractivity contribution in [1.82, 2.24) is 0 Å². The Morgan fingerprint density at radius 1 is 0.909 bits per heavy atom. The number of aromatic hydroxyl groups is 1. The van der Waals surface area contributed by atoms with Gasteiger partial charge in [-0.1, -0.05) is 55.4 Å². The van der Waals surface area contributed by atoms with Crippen LogP contribution in [-0.4, -0.2) is 16.8 Å². The summed E-state index contributed by atoms with van der Waals surface area (Å²) in [6, 6.07) is 3.69. The Kier molecular flexibility index (Phi) is 5.06. The zero-order valence-corrected chi connectivity index (χ0v) is 15.4. The predicted molar refractivity (Wildman–Crippen MR) is 93.3 cm³/mol. The largest absolute Gasteiger partial charge is 0.507 e. The third kappa shape index (κ3) is 3.82. The topological polar surface area (TPSA) is 66.5 Å². The second kappa shape index (κ2) is 5.86. The Labute approximate surface area is 135 Å². The van der Waals surface area contributed by atoms with E-state index in [0.717, 1.165) is 16.7 Å². The first-order valence-corrected chi connectivity index (χ1v) is 7.96. The maximum absolute atomic E-state index is 10.7. The van der Waals surface area contributed by atoms with E-state index in [2.05, 4.69) is 41.5 Å². The van der Waals surface area contributed by atoms with E-state index in [1.807, 2.05) is 26.0 Å². The molecule has 0 aromatic heterocycles. The van der Waals surface area contributed by atoms with Gasteiger partial charge in [0.1, 0.15) is 5.75 Å². The summed E-state index contributed by atoms with van der Waals surface area (Å²) in [5.41, 5.74) is 8.41. The molecule has 126 valence electrons. The fourth-order valence-corrected chi connectivity index (χ4v) is 2.53. The highest BCUT2D eigenvalue weighted by atomic mass is 16.3. The molecule has 3 nitrogen and oxygen atoms in total. The lowest BCUT2D eigenvalue weighted by molar-refractivity contribution is 0.132. The van der Waals surface area contributed by atoms with Gasteiger partial charge in [-0.15, -0.1) is 0 Å². The smallest absolute Gasteiger partial charge is 0.123 e. The third-order valence-electron chi connectivity index (χ3n) is 4.36. The van der Waals surface area contributed by atoms with Gasteiger partial charge in [0.15, 0.2) is 0 Å². The van der Waals surface area contributed by atoms with Crippen LogP contribution < -0.4 is 5.73 Å². The van der Waals surface area contributed by atoms with Gasteiger partial charge in [0.25, 0.3) is 0 Å². The molecular formula is C19H33NO2. The molecule has 0 saturated carbocycles. The average molecular weight is 307 g/mol. The van der Waals surface area contributed by atoms with Crippen LogP contribution in [0.25, 0.3) is 0 Å². The Hall–Kier alpha value is -1.06. The summed E-state index contributed by atoms with van der Waals surface area (Å²) in [5, 5.41) is 20.3. The van der Waals surface area contributed by atoms with Crippen molar-refractivity contribution in [1.29, 1.82) is 0 Å². The van der Waals surface area contributed by atoms with Gasteiger partial charge in [0, 0.05) is 18.1 Å². The van der Waals surface area contributed by atoms with Gasteiger partial charge in [-0.05, 0) is 39.7 Å². The lowest BCUT2D eigenvalue weighted by Crippen LogP contribution is -2.33. The maximum Gasteiger partial charge on any atom is 0.123 e. The van der Waals surface area contributed by atoms with Crippen molar-refractivity contribution in [3.05, 3.63) is 28.8 Å². The van der Waals surface area contributed by atoms with E-state index in [1.165, 1.54) is 0 Å². The second-order valence-electron chi connectivity index (χ2n) is 9.09. The van der Waals surface area contributed by atoms with Crippen LogP contribution in [-0.2, 0) is 10.8 Å². The normalized spacial score (nSPS) is 15.0.